The summed E-state index contributed by atoms with van der Waals surface area (Å²) in [5.74, 6) is 0.214. The molecular weight excluding hydrogens is 212 g/mol. The Morgan fingerprint density at radius 2 is 1.81 bits per heavy atom. The highest BCUT2D eigenvalue weighted by Crippen LogP contribution is 2.15. The SMILES string of the molecule is CN(C)CCCc1ccc(OC(F)F)cc1. The van der Waals surface area contributed by atoms with E-state index in [0.29, 0.717) is 0 Å². The highest BCUT2D eigenvalue weighted by Gasteiger charge is 2.03. The van der Waals surface area contributed by atoms with Crippen molar-refractivity contribution in [3.05, 3.63) is 29.8 Å². The predicted octanol–water partition coefficient (Wildman–Crippen LogP) is 2.78. The molecule has 0 amide bonds. The zero-order valence-corrected chi connectivity index (χ0v) is 9.62. The summed E-state index contributed by atoms with van der Waals surface area (Å²) in [6.07, 6.45) is 2.01. The molecule has 0 aliphatic heterocycles. The number of halogens is 2. The van der Waals surface area contributed by atoms with Crippen molar-refractivity contribution in [3.63, 3.8) is 0 Å². The second-order valence-corrected chi connectivity index (χ2v) is 3.93. The Morgan fingerprint density at radius 3 is 2.31 bits per heavy atom. The topological polar surface area (TPSA) is 12.5 Å². The van der Waals surface area contributed by atoms with E-state index < -0.39 is 6.61 Å². The number of nitrogens with zero attached hydrogens (tertiary/aromatic N) is 1. The minimum Gasteiger partial charge on any atom is -0.435 e. The maximum atomic E-state index is 11.9. The second kappa shape index (κ2) is 6.43. The molecule has 16 heavy (non-hydrogen) atoms. The van der Waals surface area contributed by atoms with Crippen LogP contribution in [0.2, 0.25) is 0 Å². The molecular formula is C12H17F2NO. The van der Waals surface area contributed by atoms with Gasteiger partial charge in [-0.05, 0) is 51.2 Å². The third-order valence-electron chi connectivity index (χ3n) is 2.22. The molecule has 1 aromatic carbocycles. The summed E-state index contributed by atoms with van der Waals surface area (Å²) in [6, 6.07) is 6.81. The second-order valence-electron chi connectivity index (χ2n) is 3.93. The minimum atomic E-state index is -2.75. The van der Waals surface area contributed by atoms with Gasteiger partial charge < -0.3 is 9.64 Å². The van der Waals surface area contributed by atoms with E-state index in [0.717, 1.165) is 24.9 Å². The Labute approximate surface area is 94.8 Å². The van der Waals surface area contributed by atoms with Crippen molar-refractivity contribution in [1.82, 2.24) is 4.90 Å². The first-order chi connectivity index (χ1) is 7.58. The summed E-state index contributed by atoms with van der Waals surface area (Å²) in [7, 11) is 4.05. The van der Waals surface area contributed by atoms with Gasteiger partial charge in [0.25, 0.3) is 0 Å². The van der Waals surface area contributed by atoms with Crippen LogP contribution < -0.4 is 4.74 Å². The fraction of sp³-hybridized carbons (Fsp3) is 0.500. The van der Waals surface area contributed by atoms with Crippen molar-refractivity contribution >= 4 is 0 Å². The maximum absolute atomic E-state index is 11.9. The molecule has 0 heterocycles. The van der Waals surface area contributed by atoms with Crippen LogP contribution in [-0.2, 0) is 6.42 Å². The first-order valence-corrected chi connectivity index (χ1v) is 5.26. The summed E-state index contributed by atoms with van der Waals surface area (Å²) in [5.41, 5.74) is 1.14. The average molecular weight is 229 g/mol. The predicted molar refractivity (Wildman–Crippen MR) is 59.9 cm³/mol. The number of hydrogen-bond donors (Lipinski definition) is 0. The third-order valence-corrected chi connectivity index (χ3v) is 2.22. The van der Waals surface area contributed by atoms with E-state index in [1.807, 2.05) is 26.2 Å². The summed E-state index contributed by atoms with van der Waals surface area (Å²) in [6.45, 7) is -1.73. The van der Waals surface area contributed by atoms with Gasteiger partial charge >= 0.3 is 6.61 Å². The first-order valence-electron chi connectivity index (χ1n) is 5.26. The summed E-state index contributed by atoms with van der Waals surface area (Å²) >= 11 is 0. The van der Waals surface area contributed by atoms with Gasteiger partial charge in [0.1, 0.15) is 5.75 Å². The molecule has 0 bridgehead atoms. The Bertz CT molecular complexity index is 298. The average Bonchev–Trinajstić information content (AvgIpc) is 2.19. The van der Waals surface area contributed by atoms with Gasteiger partial charge in [-0.15, -0.1) is 0 Å². The zero-order valence-electron chi connectivity index (χ0n) is 9.62. The van der Waals surface area contributed by atoms with Crippen molar-refractivity contribution in [2.45, 2.75) is 19.5 Å². The molecule has 0 aliphatic carbocycles. The standard InChI is InChI=1S/C12H17F2NO/c1-15(2)9-3-4-10-5-7-11(8-6-10)16-12(13)14/h5-8,12H,3-4,9H2,1-2H3. The Balaban J connectivity index is 2.39. The summed E-state index contributed by atoms with van der Waals surface area (Å²) < 4.78 is 28.0. The molecule has 1 aromatic rings. The van der Waals surface area contributed by atoms with Gasteiger partial charge in [0.15, 0.2) is 0 Å². The van der Waals surface area contributed by atoms with Crippen LogP contribution in [0.4, 0.5) is 8.78 Å². The lowest BCUT2D eigenvalue weighted by atomic mass is 10.1. The molecule has 0 unspecified atom stereocenters. The molecule has 4 heteroatoms. The normalized spacial score (nSPS) is 11.1. The minimum absolute atomic E-state index is 0.214. The van der Waals surface area contributed by atoms with Gasteiger partial charge in [0.2, 0.25) is 0 Å². The largest absolute Gasteiger partial charge is 0.435 e. The smallest absolute Gasteiger partial charge is 0.387 e. The fourth-order valence-electron chi connectivity index (χ4n) is 1.44. The van der Waals surface area contributed by atoms with Gasteiger partial charge in [-0.2, -0.15) is 8.78 Å². The Hall–Kier alpha value is -1.16. The molecule has 0 radical (unpaired) electrons. The monoisotopic (exact) mass is 229 g/mol. The van der Waals surface area contributed by atoms with E-state index in [1.165, 1.54) is 0 Å². The number of benzene rings is 1. The van der Waals surface area contributed by atoms with E-state index in [9.17, 15) is 8.78 Å². The molecule has 2 nitrogen and oxygen atoms in total. The van der Waals surface area contributed by atoms with E-state index in [1.54, 1.807) is 12.1 Å². The van der Waals surface area contributed by atoms with Crippen LogP contribution in [0.3, 0.4) is 0 Å². The van der Waals surface area contributed by atoms with Gasteiger partial charge in [-0.25, -0.2) is 0 Å². The van der Waals surface area contributed by atoms with Crippen molar-refractivity contribution in [3.8, 4) is 5.75 Å². The number of rotatable bonds is 6. The number of hydrogen-bond acceptors (Lipinski definition) is 2. The number of ether oxygens (including phenoxy) is 1. The molecule has 0 fully saturated rings. The van der Waals surface area contributed by atoms with E-state index >= 15 is 0 Å². The molecule has 0 saturated carbocycles. The van der Waals surface area contributed by atoms with Crippen LogP contribution in [0.15, 0.2) is 24.3 Å². The van der Waals surface area contributed by atoms with Crippen LogP contribution in [0.25, 0.3) is 0 Å². The first kappa shape index (κ1) is 12.9. The van der Waals surface area contributed by atoms with Gasteiger partial charge in [-0.1, -0.05) is 12.1 Å². The lowest BCUT2D eigenvalue weighted by Crippen LogP contribution is -2.13. The highest BCUT2D eigenvalue weighted by atomic mass is 19.3. The molecule has 0 spiro atoms. The quantitative estimate of drug-likeness (QED) is 0.743. The van der Waals surface area contributed by atoms with Crippen molar-refractivity contribution in [1.29, 1.82) is 0 Å². The fourth-order valence-corrected chi connectivity index (χ4v) is 1.44. The van der Waals surface area contributed by atoms with Crippen LogP contribution in [-0.4, -0.2) is 32.2 Å². The van der Waals surface area contributed by atoms with E-state index in [4.69, 9.17) is 0 Å². The molecule has 0 N–H and O–H groups in total. The van der Waals surface area contributed by atoms with Crippen LogP contribution in [0, 0.1) is 0 Å². The van der Waals surface area contributed by atoms with E-state index in [2.05, 4.69) is 9.64 Å². The lowest BCUT2D eigenvalue weighted by molar-refractivity contribution is -0.0498. The number of alkyl halides is 2. The van der Waals surface area contributed by atoms with Crippen LogP contribution >= 0.6 is 0 Å². The van der Waals surface area contributed by atoms with Gasteiger partial charge in [0.05, 0.1) is 0 Å². The summed E-state index contributed by atoms with van der Waals surface area (Å²) in [4.78, 5) is 2.12. The van der Waals surface area contributed by atoms with Crippen molar-refractivity contribution in [2.24, 2.45) is 0 Å². The Kier molecular flexibility index (Phi) is 5.19. The lowest BCUT2D eigenvalue weighted by Gasteiger charge is -2.09. The van der Waals surface area contributed by atoms with Gasteiger partial charge in [-0.3, -0.25) is 0 Å². The number of aryl methyl sites for hydroxylation is 1. The zero-order chi connectivity index (χ0) is 12.0. The molecule has 1 rings (SSSR count). The van der Waals surface area contributed by atoms with Crippen LogP contribution in [0.5, 0.6) is 5.75 Å². The maximum Gasteiger partial charge on any atom is 0.387 e. The van der Waals surface area contributed by atoms with Crippen molar-refractivity contribution < 1.29 is 13.5 Å². The summed E-state index contributed by atoms with van der Waals surface area (Å²) in [5, 5.41) is 0. The third kappa shape index (κ3) is 5.07. The van der Waals surface area contributed by atoms with Gasteiger partial charge in [0, 0.05) is 0 Å². The van der Waals surface area contributed by atoms with Crippen molar-refractivity contribution in [2.75, 3.05) is 20.6 Å². The van der Waals surface area contributed by atoms with E-state index in [-0.39, 0.29) is 5.75 Å². The molecule has 0 aromatic heterocycles. The molecule has 0 aliphatic rings. The molecule has 0 atom stereocenters. The Morgan fingerprint density at radius 1 is 1.19 bits per heavy atom. The molecule has 0 saturated heterocycles. The highest BCUT2D eigenvalue weighted by molar-refractivity contribution is 5.27. The van der Waals surface area contributed by atoms with Crippen LogP contribution in [0.1, 0.15) is 12.0 Å². The molecule has 90 valence electrons.